The highest BCUT2D eigenvalue weighted by molar-refractivity contribution is 5.79. The van der Waals surface area contributed by atoms with E-state index in [2.05, 4.69) is 20.4 Å². The monoisotopic (exact) mass is 395 g/mol. The van der Waals surface area contributed by atoms with Gasteiger partial charge in [-0.2, -0.15) is 0 Å². The van der Waals surface area contributed by atoms with Crippen molar-refractivity contribution >= 4 is 17.5 Å². The normalized spacial score (nSPS) is 16.6. The number of carbonyl (C=O) groups is 1. The van der Waals surface area contributed by atoms with Crippen LogP contribution in [0.3, 0.4) is 0 Å². The van der Waals surface area contributed by atoms with Gasteiger partial charge < -0.3 is 19.7 Å². The Balaban J connectivity index is 1.30. The van der Waals surface area contributed by atoms with Gasteiger partial charge in [-0.25, -0.2) is 0 Å². The second-order valence-electron chi connectivity index (χ2n) is 7.00. The predicted molar refractivity (Wildman–Crippen MR) is 109 cm³/mol. The highest BCUT2D eigenvalue weighted by Gasteiger charge is 2.27. The number of benzene rings is 1. The Labute approximate surface area is 169 Å². The van der Waals surface area contributed by atoms with Gasteiger partial charge in [0.15, 0.2) is 17.1 Å². The van der Waals surface area contributed by atoms with Gasteiger partial charge in [0, 0.05) is 19.3 Å². The van der Waals surface area contributed by atoms with E-state index in [1.165, 1.54) is 0 Å². The minimum atomic E-state index is -0.0777. The number of nitrogens with zero attached hydrogens (tertiary/aromatic N) is 4. The number of rotatable bonds is 7. The zero-order valence-electron chi connectivity index (χ0n) is 16.5. The van der Waals surface area contributed by atoms with Crippen LogP contribution in [0, 0.1) is 5.92 Å². The number of ether oxygens (including phenoxy) is 2. The van der Waals surface area contributed by atoms with Crippen molar-refractivity contribution in [2.75, 3.05) is 38.3 Å². The molecular weight excluding hydrogens is 370 g/mol. The minimum absolute atomic E-state index is 0.0483. The average Bonchev–Trinajstić information content (AvgIpc) is 3.21. The van der Waals surface area contributed by atoms with Crippen molar-refractivity contribution in [2.45, 2.75) is 12.8 Å². The van der Waals surface area contributed by atoms with Crippen molar-refractivity contribution in [2.24, 2.45) is 5.92 Å². The largest absolute Gasteiger partial charge is 0.493 e. The molecule has 1 aliphatic rings. The van der Waals surface area contributed by atoms with Crippen LogP contribution in [0.4, 0.5) is 5.95 Å². The predicted octanol–water partition coefficient (Wildman–Crippen LogP) is 2.15. The Morgan fingerprint density at radius 2 is 2.00 bits per heavy atom. The Hall–Kier alpha value is -3.29. The van der Waals surface area contributed by atoms with Crippen LogP contribution in [0.1, 0.15) is 12.8 Å². The molecule has 1 aliphatic heterocycles. The van der Waals surface area contributed by atoms with Gasteiger partial charge in [-0.15, -0.1) is 10.2 Å². The number of fused-ring (bicyclic) bond motifs is 1. The van der Waals surface area contributed by atoms with Gasteiger partial charge in [0.2, 0.25) is 11.9 Å². The Kier molecular flexibility index (Phi) is 5.79. The van der Waals surface area contributed by atoms with E-state index in [9.17, 15) is 4.79 Å². The number of nitrogens with one attached hydrogen (secondary N) is 1. The summed E-state index contributed by atoms with van der Waals surface area (Å²) in [6, 6.07) is 13.3. The standard InChI is InChI=1S/C21H25N5O3/c1-28-17-8-2-3-9-18(17)29-14-11-22-20(27)16-7-6-12-25(15-16)21-24-23-19-10-4-5-13-26(19)21/h2-5,8-10,13,16H,6-7,11-12,14-15H2,1H3,(H,22,27)/t16-/m1/s1. The number of anilines is 1. The summed E-state index contributed by atoms with van der Waals surface area (Å²) in [5, 5.41) is 11.5. The SMILES string of the molecule is COc1ccccc1OCCNC(=O)[C@@H]1CCCN(c2nnc3ccccn23)C1. The fourth-order valence-corrected chi connectivity index (χ4v) is 3.63. The number of pyridine rings is 1. The van der Waals surface area contributed by atoms with Crippen LogP contribution in [0.15, 0.2) is 48.7 Å². The summed E-state index contributed by atoms with van der Waals surface area (Å²) in [5.41, 5.74) is 0.808. The molecule has 1 atom stereocenters. The molecule has 3 heterocycles. The number of methoxy groups -OCH3 is 1. The quantitative estimate of drug-likeness (QED) is 0.618. The number of para-hydroxylation sites is 2. The molecule has 0 unspecified atom stereocenters. The molecule has 0 bridgehead atoms. The first-order chi connectivity index (χ1) is 14.3. The number of hydrogen-bond acceptors (Lipinski definition) is 6. The van der Waals surface area contributed by atoms with Gasteiger partial charge in [-0.3, -0.25) is 9.20 Å². The summed E-state index contributed by atoms with van der Waals surface area (Å²) in [6.45, 7) is 2.34. The van der Waals surface area contributed by atoms with Gasteiger partial charge in [-0.05, 0) is 37.1 Å². The topological polar surface area (TPSA) is 81.0 Å². The van der Waals surface area contributed by atoms with Crippen LogP contribution < -0.4 is 19.7 Å². The first kappa shape index (κ1) is 19.0. The van der Waals surface area contributed by atoms with E-state index in [-0.39, 0.29) is 11.8 Å². The molecule has 2 aromatic heterocycles. The van der Waals surface area contributed by atoms with Crippen molar-refractivity contribution in [1.29, 1.82) is 0 Å². The molecule has 0 radical (unpaired) electrons. The molecule has 4 rings (SSSR count). The highest BCUT2D eigenvalue weighted by Crippen LogP contribution is 2.25. The Morgan fingerprint density at radius 1 is 1.17 bits per heavy atom. The molecular formula is C21H25N5O3. The van der Waals surface area contributed by atoms with E-state index in [1.807, 2.05) is 53.1 Å². The lowest BCUT2D eigenvalue weighted by molar-refractivity contribution is -0.125. The fourth-order valence-electron chi connectivity index (χ4n) is 3.63. The van der Waals surface area contributed by atoms with E-state index in [0.29, 0.717) is 31.2 Å². The van der Waals surface area contributed by atoms with Crippen molar-refractivity contribution in [3.63, 3.8) is 0 Å². The smallest absolute Gasteiger partial charge is 0.231 e. The highest BCUT2D eigenvalue weighted by atomic mass is 16.5. The lowest BCUT2D eigenvalue weighted by Gasteiger charge is -2.31. The molecule has 0 spiro atoms. The van der Waals surface area contributed by atoms with Gasteiger partial charge in [0.25, 0.3) is 0 Å². The third-order valence-electron chi connectivity index (χ3n) is 5.10. The maximum atomic E-state index is 12.7. The van der Waals surface area contributed by atoms with Gasteiger partial charge >= 0.3 is 0 Å². The first-order valence-corrected chi connectivity index (χ1v) is 9.84. The lowest BCUT2D eigenvalue weighted by Crippen LogP contribution is -2.44. The summed E-state index contributed by atoms with van der Waals surface area (Å²) in [4.78, 5) is 14.8. The number of aromatic nitrogens is 3. The van der Waals surface area contributed by atoms with Crippen LogP contribution in [-0.4, -0.2) is 53.9 Å². The van der Waals surface area contributed by atoms with Gasteiger partial charge in [0.05, 0.1) is 19.6 Å². The van der Waals surface area contributed by atoms with Gasteiger partial charge in [0.1, 0.15) is 6.61 Å². The zero-order valence-corrected chi connectivity index (χ0v) is 16.5. The fraction of sp³-hybridized carbons (Fsp3) is 0.381. The molecule has 1 saturated heterocycles. The third-order valence-corrected chi connectivity index (χ3v) is 5.10. The molecule has 8 heteroatoms. The van der Waals surface area contributed by atoms with Crippen LogP contribution in [-0.2, 0) is 4.79 Å². The van der Waals surface area contributed by atoms with Crippen LogP contribution in [0.2, 0.25) is 0 Å². The molecule has 1 aromatic carbocycles. The van der Waals surface area contributed by atoms with E-state index >= 15 is 0 Å². The summed E-state index contributed by atoms with van der Waals surface area (Å²) >= 11 is 0. The van der Waals surface area contributed by atoms with Crippen LogP contribution in [0.25, 0.3) is 5.65 Å². The molecule has 152 valence electrons. The van der Waals surface area contributed by atoms with Crippen molar-refractivity contribution in [1.82, 2.24) is 19.9 Å². The van der Waals surface area contributed by atoms with Crippen molar-refractivity contribution < 1.29 is 14.3 Å². The van der Waals surface area contributed by atoms with Crippen LogP contribution in [0.5, 0.6) is 11.5 Å². The molecule has 1 amide bonds. The van der Waals surface area contributed by atoms with Crippen LogP contribution >= 0.6 is 0 Å². The summed E-state index contributed by atoms with van der Waals surface area (Å²) in [7, 11) is 1.61. The third kappa shape index (κ3) is 4.26. The average molecular weight is 395 g/mol. The second-order valence-corrected chi connectivity index (χ2v) is 7.00. The molecule has 1 N–H and O–H groups in total. The summed E-state index contributed by atoms with van der Waals surface area (Å²) in [6.07, 6.45) is 3.76. The zero-order chi connectivity index (χ0) is 20.1. The number of carbonyl (C=O) groups excluding carboxylic acids is 1. The Morgan fingerprint density at radius 3 is 2.86 bits per heavy atom. The number of piperidine rings is 1. The number of amides is 1. The second kappa shape index (κ2) is 8.81. The van der Waals surface area contributed by atoms with Crippen molar-refractivity contribution in [3.8, 4) is 11.5 Å². The molecule has 8 nitrogen and oxygen atoms in total. The van der Waals surface area contributed by atoms with E-state index in [1.54, 1.807) is 7.11 Å². The minimum Gasteiger partial charge on any atom is -0.493 e. The maximum absolute atomic E-state index is 12.7. The summed E-state index contributed by atoms with van der Waals surface area (Å²) in [5.74, 6) is 2.12. The molecule has 0 saturated carbocycles. The van der Waals surface area contributed by atoms with E-state index in [0.717, 1.165) is 31.0 Å². The van der Waals surface area contributed by atoms with E-state index < -0.39 is 0 Å². The maximum Gasteiger partial charge on any atom is 0.231 e. The molecule has 29 heavy (non-hydrogen) atoms. The lowest BCUT2D eigenvalue weighted by atomic mass is 9.97. The molecule has 1 fully saturated rings. The van der Waals surface area contributed by atoms with Crippen molar-refractivity contribution in [3.05, 3.63) is 48.7 Å². The Bertz CT molecular complexity index is 974. The summed E-state index contributed by atoms with van der Waals surface area (Å²) < 4.78 is 12.9. The molecule has 3 aromatic rings. The first-order valence-electron chi connectivity index (χ1n) is 9.84. The molecule has 0 aliphatic carbocycles. The number of hydrogen-bond donors (Lipinski definition) is 1. The van der Waals surface area contributed by atoms with E-state index in [4.69, 9.17) is 9.47 Å². The van der Waals surface area contributed by atoms with Gasteiger partial charge in [-0.1, -0.05) is 18.2 Å².